The molecule has 0 bridgehead atoms. The molecular weight excluding hydrogens is 461 g/mol. The molecule has 0 aliphatic rings. The number of nitrogens with zero attached hydrogens (tertiary/aromatic N) is 1. The van der Waals surface area contributed by atoms with E-state index < -0.39 is 0 Å². The second-order valence-electron chi connectivity index (χ2n) is 6.40. The van der Waals surface area contributed by atoms with Crippen LogP contribution >= 0.6 is 46.1 Å². The Labute approximate surface area is 192 Å². The van der Waals surface area contributed by atoms with Crippen LogP contribution < -0.4 is 4.74 Å². The molecule has 1 aromatic heterocycles. The molecule has 0 spiro atoms. The molecule has 4 aromatic rings. The molecule has 0 unspecified atom stereocenters. The van der Waals surface area contributed by atoms with Crippen molar-refractivity contribution in [1.82, 2.24) is 4.98 Å². The van der Waals surface area contributed by atoms with Gasteiger partial charge in [-0.05, 0) is 54.6 Å². The van der Waals surface area contributed by atoms with Gasteiger partial charge in [-0.1, -0.05) is 46.9 Å². The molecule has 0 amide bonds. The number of rotatable bonds is 6. The molecule has 7 heteroatoms. The van der Waals surface area contributed by atoms with Crippen molar-refractivity contribution in [2.24, 2.45) is 0 Å². The van der Waals surface area contributed by atoms with Crippen LogP contribution in [0.1, 0.15) is 20.9 Å². The number of carbonyl (C=O) groups is 1. The summed E-state index contributed by atoms with van der Waals surface area (Å²) in [5.41, 5.74) is 2.72. The van der Waals surface area contributed by atoms with Gasteiger partial charge in [0.1, 0.15) is 17.4 Å². The number of aromatic nitrogens is 1. The van der Waals surface area contributed by atoms with Gasteiger partial charge < -0.3 is 4.74 Å². The van der Waals surface area contributed by atoms with E-state index in [4.69, 9.17) is 39.5 Å². The zero-order chi connectivity index (χ0) is 21.1. The highest BCUT2D eigenvalue weighted by atomic mass is 35.5. The van der Waals surface area contributed by atoms with Crippen molar-refractivity contribution >= 4 is 51.9 Å². The highest BCUT2D eigenvalue weighted by molar-refractivity contribution is 7.09. The van der Waals surface area contributed by atoms with Gasteiger partial charge in [-0.3, -0.25) is 4.79 Å². The molecular formula is C23H14Cl3NO2S. The van der Waals surface area contributed by atoms with Crippen LogP contribution in [0.4, 0.5) is 0 Å². The van der Waals surface area contributed by atoms with Gasteiger partial charge in [0.25, 0.3) is 0 Å². The molecule has 0 atom stereocenters. The summed E-state index contributed by atoms with van der Waals surface area (Å²) in [6, 6.07) is 19.2. The van der Waals surface area contributed by atoms with Crippen molar-refractivity contribution in [3.05, 3.63) is 103 Å². The van der Waals surface area contributed by atoms with E-state index in [2.05, 4.69) is 4.98 Å². The highest BCUT2D eigenvalue weighted by Gasteiger charge is 2.16. The molecule has 4 rings (SSSR count). The maximum atomic E-state index is 13.0. The zero-order valence-corrected chi connectivity index (χ0v) is 18.5. The summed E-state index contributed by atoms with van der Waals surface area (Å²) in [6.07, 6.45) is 0. The minimum Gasteiger partial charge on any atom is -0.486 e. The van der Waals surface area contributed by atoms with E-state index in [0.717, 1.165) is 16.3 Å². The lowest BCUT2D eigenvalue weighted by Gasteiger charge is -2.11. The molecule has 0 N–H and O–H groups in total. The minimum atomic E-state index is -0.190. The fourth-order valence-corrected chi connectivity index (χ4v) is 3.97. The largest absolute Gasteiger partial charge is 0.486 e. The summed E-state index contributed by atoms with van der Waals surface area (Å²) in [5.74, 6) is 0.257. The molecule has 0 saturated heterocycles. The Hall–Kier alpha value is -2.37. The van der Waals surface area contributed by atoms with Crippen molar-refractivity contribution < 1.29 is 9.53 Å². The number of ether oxygens (including phenoxy) is 1. The Morgan fingerprint density at radius 2 is 1.50 bits per heavy atom. The van der Waals surface area contributed by atoms with Crippen molar-refractivity contribution in [3.63, 3.8) is 0 Å². The number of thiazole rings is 1. The summed E-state index contributed by atoms with van der Waals surface area (Å²) in [6.45, 7) is 0.237. The molecule has 0 aliphatic carbocycles. The second kappa shape index (κ2) is 9.19. The summed E-state index contributed by atoms with van der Waals surface area (Å²) < 4.78 is 5.93. The van der Waals surface area contributed by atoms with Crippen LogP contribution in [0.3, 0.4) is 0 Å². The van der Waals surface area contributed by atoms with Gasteiger partial charge in [0, 0.05) is 31.6 Å². The van der Waals surface area contributed by atoms with E-state index >= 15 is 0 Å². The lowest BCUT2D eigenvalue weighted by molar-refractivity contribution is 0.103. The van der Waals surface area contributed by atoms with E-state index in [1.54, 1.807) is 42.5 Å². The van der Waals surface area contributed by atoms with Crippen molar-refractivity contribution in [2.45, 2.75) is 6.61 Å². The predicted molar refractivity (Wildman–Crippen MR) is 123 cm³/mol. The first-order valence-corrected chi connectivity index (χ1v) is 10.9. The lowest BCUT2D eigenvalue weighted by atomic mass is 10.0. The van der Waals surface area contributed by atoms with Gasteiger partial charge in [-0.25, -0.2) is 4.98 Å². The summed E-state index contributed by atoms with van der Waals surface area (Å²) in [5, 5.41) is 4.45. The Balaban J connectivity index is 1.53. The van der Waals surface area contributed by atoms with E-state index in [9.17, 15) is 4.79 Å². The molecule has 0 aliphatic heterocycles. The molecule has 150 valence electrons. The standard InChI is InChI=1S/C23H14Cl3NO2S/c24-16-5-1-14(2-6-16)20-13-30-22(27-20)12-29-21-10-9-18(26)11-19(21)23(28)15-3-7-17(25)8-4-15/h1-11,13H,12H2. The lowest BCUT2D eigenvalue weighted by Crippen LogP contribution is -2.06. The highest BCUT2D eigenvalue weighted by Crippen LogP contribution is 2.28. The summed E-state index contributed by atoms with van der Waals surface area (Å²) >= 11 is 19.5. The molecule has 0 radical (unpaired) electrons. The van der Waals surface area contributed by atoms with Gasteiger partial charge in [0.15, 0.2) is 5.78 Å². The van der Waals surface area contributed by atoms with Gasteiger partial charge in [0.2, 0.25) is 0 Å². The number of ketones is 1. The molecule has 1 heterocycles. The zero-order valence-electron chi connectivity index (χ0n) is 15.4. The van der Waals surface area contributed by atoms with Gasteiger partial charge >= 0.3 is 0 Å². The van der Waals surface area contributed by atoms with Crippen molar-refractivity contribution in [3.8, 4) is 17.0 Å². The third-order valence-electron chi connectivity index (χ3n) is 4.34. The predicted octanol–water partition coefficient (Wildman–Crippen LogP) is 7.58. The smallest absolute Gasteiger partial charge is 0.196 e. The number of hydrogen-bond donors (Lipinski definition) is 0. The quantitative estimate of drug-likeness (QED) is 0.270. The van der Waals surface area contributed by atoms with Crippen molar-refractivity contribution in [2.75, 3.05) is 0 Å². The topological polar surface area (TPSA) is 39.2 Å². The van der Waals surface area contributed by atoms with Gasteiger partial charge in [-0.2, -0.15) is 0 Å². The van der Waals surface area contributed by atoms with Crippen LogP contribution in [-0.4, -0.2) is 10.8 Å². The molecule has 0 fully saturated rings. The van der Waals surface area contributed by atoms with E-state index in [1.807, 2.05) is 29.6 Å². The summed E-state index contributed by atoms with van der Waals surface area (Å²) in [7, 11) is 0. The molecule has 3 aromatic carbocycles. The van der Waals surface area contributed by atoms with Gasteiger partial charge in [0.05, 0.1) is 11.3 Å². The SMILES string of the molecule is O=C(c1ccc(Cl)cc1)c1cc(Cl)ccc1OCc1nc(-c2ccc(Cl)cc2)cs1. The third kappa shape index (κ3) is 4.85. The fourth-order valence-electron chi connectivity index (χ4n) is 2.83. The van der Waals surface area contributed by atoms with Crippen LogP contribution in [0.2, 0.25) is 15.1 Å². The van der Waals surface area contributed by atoms with E-state index in [1.165, 1.54) is 11.3 Å². The average Bonchev–Trinajstić information content (AvgIpc) is 3.22. The van der Waals surface area contributed by atoms with Crippen LogP contribution in [0, 0.1) is 0 Å². The second-order valence-corrected chi connectivity index (χ2v) is 8.65. The minimum absolute atomic E-state index is 0.190. The summed E-state index contributed by atoms with van der Waals surface area (Å²) in [4.78, 5) is 17.6. The van der Waals surface area contributed by atoms with E-state index in [0.29, 0.717) is 31.9 Å². The van der Waals surface area contributed by atoms with Gasteiger partial charge in [-0.15, -0.1) is 11.3 Å². The van der Waals surface area contributed by atoms with Crippen LogP contribution in [0.15, 0.2) is 72.1 Å². The van der Waals surface area contributed by atoms with E-state index in [-0.39, 0.29) is 12.4 Å². The first-order valence-electron chi connectivity index (χ1n) is 8.92. The van der Waals surface area contributed by atoms with Crippen LogP contribution in [-0.2, 0) is 6.61 Å². The maximum Gasteiger partial charge on any atom is 0.196 e. The normalized spacial score (nSPS) is 10.8. The van der Waals surface area contributed by atoms with Crippen LogP contribution in [0.25, 0.3) is 11.3 Å². The Morgan fingerprint density at radius 3 is 2.20 bits per heavy atom. The Kier molecular flexibility index (Phi) is 6.40. The van der Waals surface area contributed by atoms with Crippen LogP contribution in [0.5, 0.6) is 5.75 Å². The number of hydrogen-bond acceptors (Lipinski definition) is 4. The fraction of sp³-hybridized carbons (Fsp3) is 0.0435. The maximum absolute atomic E-state index is 13.0. The third-order valence-corrected chi connectivity index (χ3v) is 5.90. The number of carbonyl (C=O) groups excluding carboxylic acids is 1. The molecule has 0 saturated carbocycles. The first kappa shape index (κ1) is 20.9. The Bertz CT molecular complexity index is 1190. The average molecular weight is 475 g/mol. The first-order chi connectivity index (χ1) is 14.5. The number of benzene rings is 3. The van der Waals surface area contributed by atoms with Crippen molar-refractivity contribution in [1.29, 1.82) is 0 Å². The monoisotopic (exact) mass is 473 g/mol. The molecule has 30 heavy (non-hydrogen) atoms. The Morgan fingerprint density at radius 1 is 0.867 bits per heavy atom. The molecule has 3 nitrogen and oxygen atoms in total. The number of halogens is 3.